The fraction of sp³-hybridized carbons (Fsp3) is 0.600. The average molecular weight is 177 g/mol. The first-order valence-corrected chi connectivity index (χ1v) is 4.41. The molecule has 1 aromatic rings. The van der Waals surface area contributed by atoms with Crippen LogP contribution in [0.25, 0.3) is 4.85 Å². The Morgan fingerprint density at radius 2 is 2.15 bits per heavy atom. The molecule has 0 saturated carbocycles. The highest BCUT2D eigenvalue weighted by Gasteiger charge is 2.26. The Morgan fingerprint density at radius 1 is 1.54 bits per heavy atom. The van der Waals surface area contributed by atoms with Crippen molar-refractivity contribution in [1.29, 1.82) is 0 Å². The average Bonchev–Trinajstić information content (AvgIpc) is 2.52. The Balaban J connectivity index is 3.00. The van der Waals surface area contributed by atoms with Gasteiger partial charge in [-0.1, -0.05) is 13.8 Å². The maximum Gasteiger partial charge on any atom is 0.319 e. The molecule has 3 heteroatoms. The van der Waals surface area contributed by atoms with Crippen molar-refractivity contribution in [2.75, 3.05) is 0 Å². The molecular formula is C10H15N3. The van der Waals surface area contributed by atoms with Crippen LogP contribution in [0.2, 0.25) is 0 Å². The molecule has 0 bridgehead atoms. The highest BCUT2D eigenvalue weighted by atomic mass is 15.4. The summed E-state index contributed by atoms with van der Waals surface area (Å²) in [7, 11) is 0. The summed E-state index contributed by atoms with van der Waals surface area (Å²) in [6.45, 7) is 15.0. The van der Waals surface area contributed by atoms with Gasteiger partial charge in [-0.15, -0.1) is 0 Å². The van der Waals surface area contributed by atoms with Crippen LogP contribution in [-0.4, -0.2) is 9.78 Å². The molecule has 13 heavy (non-hydrogen) atoms. The third kappa shape index (κ3) is 1.89. The second-order valence-electron chi connectivity index (χ2n) is 3.98. The Labute approximate surface area is 79.2 Å². The van der Waals surface area contributed by atoms with Crippen LogP contribution in [0.5, 0.6) is 0 Å². The van der Waals surface area contributed by atoms with E-state index in [1.54, 1.807) is 4.68 Å². The van der Waals surface area contributed by atoms with Crippen molar-refractivity contribution >= 4 is 0 Å². The highest BCUT2D eigenvalue weighted by molar-refractivity contribution is 5.10. The van der Waals surface area contributed by atoms with Crippen molar-refractivity contribution in [2.45, 2.75) is 39.3 Å². The summed E-state index contributed by atoms with van der Waals surface area (Å²) in [6.07, 6.45) is 3.78. The van der Waals surface area contributed by atoms with Crippen LogP contribution in [-0.2, 0) is 5.66 Å². The molecule has 1 rings (SSSR count). The second-order valence-corrected chi connectivity index (χ2v) is 3.98. The largest absolute Gasteiger partial charge is 0.319 e. The molecule has 0 saturated heterocycles. The van der Waals surface area contributed by atoms with Crippen molar-refractivity contribution in [2.24, 2.45) is 0 Å². The van der Waals surface area contributed by atoms with Crippen LogP contribution in [0, 0.1) is 6.57 Å². The van der Waals surface area contributed by atoms with Gasteiger partial charge >= 0.3 is 5.66 Å². The molecule has 0 N–H and O–H groups in total. The maximum atomic E-state index is 7.02. The zero-order chi connectivity index (χ0) is 10.1. The van der Waals surface area contributed by atoms with Gasteiger partial charge in [0, 0.05) is 20.0 Å². The minimum Gasteiger partial charge on any atom is -0.286 e. The minimum absolute atomic E-state index is 0.468. The molecule has 1 aromatic heterocycles. The van der Waals surface area contributed by atoms with Gasteiger partial charge in [0.05, 0.1) is 6.20 Å². The lowest BCUT2D eigenvalue weighted by atomic mass is 10.1. The first-order valence-electron chi connectivity index (χ1n) is 4.41. The lowest BCUT2D eigenvalue weighted by Gasteiger charge is -2.10. The molecule has 0 aromatic carbocycles. The van der Waals surface area contributed by atoms with Gasteiger partial charge in [-0.3, -0.25) is 4.85 Å². The van der Waals surface area contributed by atoms with Crippen LogP contribution in [0.1, 0.15) is 39.2 Å². The molecule has 1 heterocycles. The van der Waals surface area contributed by atoms with Gasteiger partial charge in [0.2, 0.25) is 0 Å². The minimum atomic E-state index is -0.562. The molecule has 70 valence electrons. The molecule has 0 atom stereocenters. The van der Waals surface area contributed by atoms with E-state index >= 15 is 0 Å². The van der Waals surface area contributed by atoms with Gasteiger partial charge in [0.25, 0.3) is 0 Å². The van der Waals surface area contributed by atoms with Crippen LogP contribution < -0.4 is 0 Å². The summed E-state index contributed by atoms with van der Waals surface area (Å²) < 4.78 is 1.72. The number of hydrogen-bond acceptors (Lipinski definition) is 1. The van der Waals surface area contributed by atoms with E-state index in [4.69, 9.17) is 6.57 Å². The zero-order valence-electron chi connectivity index (χ0n) is 8.57. The van der Waals surface area contributed by atoms with Crippen LogP contribution in [0.15, 0.2) is 12.4 Å². The van der Waals surface area contributed by atoms with E-state index in [1.165, 1.54) is 5.56 Å². The molecule has 0 unspecified atom stereocenters. The maximum absolute atomic E-state index is 7.02. The fourth-order valence-corrected chi connectivity index (χ4v) is 0.985. The normalized spacial score (nSPS) is 11.7. The molecule has 0 radical (unpaired) electrons. The first-order chi connectivity index (χ1) is 5.97. The Hall–Kier alpha value is -1.30. The summed E-state index contributed by atoms with van der Waals surface area (Å²) in [5, 5.41) is 4.18. The SMILES string of the molecule is [C-]#[N+]C(C)(C)n1cc(C(C)C)cn1. The monoisotopic (exact) mass is 177 g/mol. The number of rotatable bonds is 2. The Bertz CT molecular complexity index is 328. The van der Waals surface area contributed by atoms with E-state index < -0.39 is 5.66 Å². The van der Waals surface area contributed by atoms with Crippen molar-refractivity contribution in [3.8, 4) is 0 Å². The van der Waals surface area contributed by atoms with Crippen molar-refractivity contribution in [3.63, 3.8) is 0 Å². The lowest BCUT2D eigenvalue weighted by molar-refractivity contribution is 0.402. The molecule has 0 aliphatic rings. The topological polar surface area (TPSA) is 22.2 Å². The third-order valence-corrected chi connectivity index (χ3v) is 2.10. The summed E-state index contributed by atoms with van der Waals surface area (Å²) in [6, 6.07) is 0. The van der Waals surface area contributed by atoms with E-state index in [0.29, 0.717) is 5.92 Å². The Kier molecular flexibility index (Phi) is 2.42. The van der Waals surface area contributed by atoms with Crippen LogP contribution >= 0.6 is 0 Å². The van der Waals surface area contributed by atoms with Gasteiger partial charge in [-0.25, -0.2) is 6.57 Å². The molecule has 0 aliphatic carbocycles. The summed E-state index contributed by atoms with van der Waals surface area (Å²) in [5.74, 6) is 0.468. The molecule has 3 nitrogen and oxygen atoms in total. The summed E-state index contributed by atoms with van der Waals surface area (Å²) in [4.78, 5) is 3.51. The van der Waals surface area contributed by atoms with E-state index in [1.807, 2.05) is 26.2 Å². The van der Waals surface area contributed by atoms with E-state index in [9.17, 15) is 0 Å². The fourth-order valence-electron chi connectivity index (χ4n) is 0.985. The van der Waals surface area contributed by atoms with Gasteiger partial charge in [-0.2, -0.15) is 9.78 Å². The predicted octanol–water partition coefficient (Wildman–Crippen LogP) is 2.62. The number of aromatic nitrogens is 2. The van der Waals surface area contributed by atoms with Gasteiger partial charge in [0.1, 0.15) is 0 Å². The smallest absolute Gasteiger partial charge is 0.286 e. The predicted molar refractivity (Wildman–Crippen MR) is 52.2 cm³/mol. The second kappa shape index (κ2) is 3.21. The quantitative estimate of drug-likeness (QED) is 0.636. The molecule has 0 aliphatic heterocycles. The van der Waals surface area contributed by atoms with E-state index in [0.717, 1.165) is 0 Å². The summed E-state index contributed by atoms with van der Waals surface area (Å²) >= 11 is 0. The molecule has 0 amide bonds. The number of hydrogen-bond donors (Lipinski definition) is 0. The van der Waals surface area contributed by atoms with E-state index in [-0.39, 0.29) is 0 Å². The van der Waals surface area contributed by atoms with Crippen LogP contribution in [0.3, 0.4) is 0 Å². The zero-order valence-corrected chi connectivity index (χ0v) is 8.57. The third-order valence-electron chi connectivity index (χ3n) is 2.10. The van der Waals surface area contributed by atoms with Crippen molar-refractivity contribution < 1.29 is 0 Å². The first kappa shape index (κ1) is 9.79. The molecule has 0 spiro atoms. The Morgan fingerprint density at radius 3 is 2.54 bits per heavy atom. The number of nitrogens with zero attached hydrogens (tertiary/aromatic N) is 3. The highest BCUT2D eigenvalue weighted by Crippen LogP contribution is 2.19. The van der Waals surface area contributed by atoms with Crippen molar-refractivity contribution in [3.05, 3.63) is 29.4 Å². The molecule has 0 fully saturated rings. The standard InChI is InChI=1S/C10H15N3/c1-8(2)9-6-12-13(7-9)10(3,4)11-5/h6-8H,1-4H3. The lowest BCUT2D eigenvalue weighted by Crippen LogP contribution is -2.21. The van der Waals surface area contributed by atoms with Gasteiger partial charge in [0.15, 0.2) is 0 Å². The summed E-state index contributed by atoms with van der Waals surface area (Å²) in [5.41, 5.74) is 0.615. The van der Waals surface area contributed by atoms with E-state index in [2.05, 4.69) is 23.8 Å². The van der Waals surface area contributed by atoms with Crippen molar-refractivity contribution in [1.82, 2.24) is 9.78 Å². The van der Waals surface area contributed by atoms with Gasteiger partial charge < -0.3 is 0 Å². The molecular weight excluding hydrogens is 162 g/mol. The van der Waals surface area contributed by atoms with Crippen LogP contribution in [0.4, 0.5) is 0 Å². The van der Waals surface area contributed by atoms with Gasteiger partial charge in [-0.05, 0) is 11.5 Å².